The quantitative estimate of drug-likeness (QED) is 0.169. The van der Waals surface area contributed by atoms with E-state index in [4.69, 9.17) is 28.4 Å². The number of hydrogen-bond acceptors (Lipinski definition) is 10. The van der Waals surface area contributed by atoms with E-state index in [2.05, 4.69) is 5.32 Å². The summed E-state index contributed by atoms with van der Waals surface area (Å²) in [6, 6.07) is 10.6. The molecular weight excluding hydrogens is 536 g/mol. The van der Waals surface area contributed by atoms with Crippen molar-refractivity contribution in [3.05, 3.63) is 65.5 Å². The number of aromatic hydroxyl groups is 1. The molecule has 0 aliphatic carbocycles. The first-order chi connectivity index (χ1) is 19.6. The third-order valence-electron chi connectivity index (χ3n) is 6.51. The van der Waals surface area contributed by atoms with Gasteiger partial charge in [0.15, 0.2) is 5.75 Å². The van der Waals surface area contributed by atoms with Gasteiger partial charge in [-0.05, 0) is 50.2 Å². The number of methoxy groups -OCH3 is 5. The normalized spacial score (nSPS) is 12.2. The van der Waals surface area contributed by atoms with Crippen molar-refractivity contribution in [2.75, 3.05) is 35.5 Å². The Bertz CT molecular complexity index is 1340. The minimum atomic E-state index is -1.17. The summed E-state index contributed by atoms with van der Waals surface area (Å²) in [7, 11) is 7.43. The molecule has 3 rings (SSSR count). The molecule has 12 nitrogen and oxygen atoms in total. The molecule has 0 bridgehead atoms. The maximum Gasteiger partial charge on any atom is 0.366 e. The fraction of sp³-hybridized carbons (Fsp3) is 0.345. The van der Waals surface area contributed by atoms with E-state index in [0.29, 0.717) is 38.9 Å². The molecule has 0 unspecified atom stereocenters. The molecule has 0 fully saturated rings. The molecule has 2 atom stereocenters. The molecule has 0 saturated heterocycles. The summed E-state index contributed by atoms with van der Waals surface area (Å²) < 4.78 is 33.4. The Balaban J connectivity index is 1.97. The van der Waals surface area contributed by atoms with Crippen molar-refractivity contribution in [3.8, 4) is 34.5 Å². The number of rotatable bonds is 12. The first-order valence-corrected chi connectivity index (χ1v) is 12.6. The fourth-order valence-electron chi connectivity index (χ4n) is 4.41. The highest BCUT2D eigenvalue weighted by atomic mass is 16.5. The standard InChI is InChI=1S/C29H34N2O10/c1-16(30-28(33)26-27(32)24(40-7)12-13-31(26)35)29(34)41-17(2)25(20-14-18(36-3)8-10-22(20)38-5)21-15-19(37-4)9-11-23(21)39-6/h8-17,25H,1-7H3,(H2-,30,32,33,35)/p+1/t16-,17-/m0/s1. The van der Waals surface area contributed by atoms with E-state index >= 15 is 0 Å². The van der Waals surface area contributed by atoms with E-state index in [-0.39, 0.29) is 5.75 Å². The van der Waals surface area contributed by atoms with Crippen LogP contribution in [0.1, 0.15) is 41.4 Å². The highest BCUT2D eigenvalue weighted by Crippen LogP contribution is 2.42. The van der Waals surface area contributed by atoms with E-state index in [9.17, 15) is 19.9 Å². The van der Waals surface area contributed by atoms with Gasteiger partial charge in [0.1, 0.15) is 35.1 Å². The van der Waals surface area contributed by atoms with Crippen LogP contribution in [-0.2, 0) is 9.53 Å². The van der Waals surface area contributed by atoms with Crippen LogP contribution in [0.25, 0.3) is 0 Å². The predicted octanol–water partition coefficient (Wildman–Crippen LogP) is 2.84. The molecule has 1 aromatic heterocycles. The number of carbonyl (C=O) groups excluding carboxylic acids is 2. The summed E-state index contributed by atoms with van der Waals surface area (Å²) in [5.41, 5.74) is 0.785. The number of nitrogens with zero attached hydrogens (tertiary/aromatic N) is 1. The minimum Gasteiger partial charge on any atom is -0.499 e. The topological polar surface area (TPSA) is 146 Å². The molecule has 1 heterocycles. The summed E-state index contributed by atoms with van der Waals surface area (Å²) >= 11 is 0. The lowest BCUT2D eigenvalue weighted by atomic mass is 9.85. The molecule has 41 heavy (non-hydrogen) atoms. The molecular formula is C29H35N2O10+. The average molecular weight is 572 g/mol. The summed E-state index contributed by atoms with van der Waals surface area (Å²) in [6.45, 7) is 3.11. The molecule has 220 valence electrons. The maximum absolute atomic E-state index is 13.2. The summed E-state index contributed by atoms with van der Waals surface area (Å²) in [5, 5.41) is 22.8. The van der Waals surface area contributed by atoms with Gasteiger partial charge >= 0.3 is 17.6 Å². The SMILES string of the molecule is COc1ccc(OC)c(C(c2cc(OC)ccc2OC)[C@H](C)OC(=O)[C@H](C)NC(=O)c2c(O)c(OC)cc[n+]2O)c1. The largest absolute Gasteiger partial charge is 0.499 e. The van der Waals surface area contributed by atoms with Crippen molar-refractivity contribution in [1.29, 1.82) is 0 Å². The zero-order valence-corrected chi connectivity index (χ0v) is 24.0. The van der Waals surface area contributed by atoms with E-state index < -0.39 is 41.4 Å². The van der Waals surface area contributed by atoms with Crippen molar-refractivity contribution in [2.45, 2.75) is 31.9 Å². The third kappa shape index (κ3) is 6.65. The van der Waals surface area contributed by atoms with E-state index in [0.717, 1.165) is 6.20 Å². The molecule has 12 heteroatoms. The second-order valence-corrected chi connectivity index (χ2v) is 8.96. The molecule has 3 N–H and O–H groups in total. The second-order valence-electron chi connectivity index (χ2n) is 8.96. The van der Waals surface area contributed by atoms with Gasteiger partial charge in [-0.3, -0.25) is 10.0 Å². The summed E-state index contributed by atoms with van der Waals surface area (Å²) in [6.07, 6.45) is 0.295. The highest BCUT2D eigenvalue weighted by molar-refractivity contribution is 5.96. The van der Waals surface area contributed by atoms with Crippen LogP contribution in [0.5, 0.6) is 34.5 Å². The Labute approximate surface area is 237 Å². The summed E-state index contributed by atoms with van der Waals surface area (Å²) in [5.74, 6) is -0.806. The Morgan fingerprint density at radius 1 is 0.780 bits per heavy atom. The van der Waals surface area contributed by atoms with Crippen LogP contribution in [-0.4, -0.2) is 69.9 Å². The van der Waals surface area contributed by atoms with Crippen molar-refractivity contribution < 1.29 is 53.1 Å². The Morgan fingerprint density at radius 2 is 1.29 bits per heavy atom. The first-order valence-electron chi connectivity index (χ1n) is 12.6. The van der Waals surface area contributed by atoms with Crippen LogP contribution >= 0.6 is 0 Å². The number of benzene rings is 2. The van der Waals surface area contributed by atoms with Crippen molar-refractivity contribution in [3.63, 3.8) is 0 Å². The van der Waals surface area contributed by atoms with Gasteiger partial charge in [0.05, 0.1) is 47.5 Å². The number of amides is 1. The number of esters is 1. The number of aromatic nitrogens is 1. The maximum atomic E-state index is 13.2. The third-order valence-corrected chi connectivity index (χ3v) is 6.51. The smallest absolute Gasteiger partial charge is 0.366 e. The predicted molar refractivity (Wildman–Crippen MR) is 145 cm³/mol. The molecule has 0 radical (unpaired) electrons. The van der Waals surface area contributed by atoms with E-state index in [1.807, 2.05) is 0 Å². The van der Waals surface area contributed by atoms with E-state index in [1.54, 1.807) is 43.3 Å². The van der Waals surface area contributed by atoms with Gasteiger partial charge in [0.2, 0.25) is 11.9 Å². The van der Waals surface area contributed by atoms with Crippen LogP contribution < -0.4 is 33.7 Å². The lowest BCUT2D eigenvalue weighted by Crippen LogP contribution is -2.47. The molecule has 0 saturated carbocycles. The van der Waals surface area contributed by atoms with Crippen LogP contribution in [0, 0.1) is 0 Å². The number of nitrogens with one attached hydrogen (secondary N) is 1. The Kier molecular flexibility index (Phi) is 10.1. The van der Waals surface area contributed by atoms with Crippen LogP contribution in [0.15, 0.2) is 48.7 Å². The molecule has 2 aromatic carbocycles. The average Bonchev–Trinajstić information content (AvgIpc) is 2.97. The minimum absolute atomic E-state index is 0.0355. The number of pyridine rings is 1. The molecule has 0 spiro atoms. The van der Waals surface area contributed by atoms with Crippen molar-refractivity contribution in [1.82, 2.24) is 5.32 Å². The van der Waals surface area contributed by atoms with Gasteiger partial charge in [-0.15, -0.1) is 0 Å². The number of ether oxygens (including phenoxy) is 6. The van der Waals surface area contributed by atoms with Gasteiger partial charge in [0.25, 0.3) is 0 Å². The van der Waals surface area contributed by atoms with Gasteiger partial charge in [-0.1, -0.05) is 0 Å². The van der Waals surface area contributed by atoms with Crippen LogP contribution in [0.4, 0.5) is 0 Å². The van der Waals surface area contributed by atoms with Gasteiger partial charge in [0, 0.05) is 15.9 Å². The number of carbonyl (C=O) groups is 2. The van der Waals surface area contributed by atoms with Crippen LogP contribution in [0.3, 0.4) is 0 Å². The molecule has 0 aliphatic heterocycles. The highest BCUT2D eigenvalue weighted by Gasteiger charge is 2.34. The molecule has 0 aliphatic rings. The van der Waals surface area contributed by atoms with Crippen LogP contribution in [0.2, 0.25) is 0 Å². The fourth-order valence-corrected chi connectivity index (χ4v) is 4.41. The zero-order chi connectivity index (χ0) is 30.3. The lowest BCUT2D eigenvalue weighted by Gasteiger charge is -2.29. The zero-order valence-electron chi connectivity index (χ0n) is 24.0. The number of hydrogen-bond donors (Lipinski definition) is 3. The molecule has 3 aromatic rings. The monoisotopic (exact) mass is 571 g/mol. The van der Waals surface area contributed by atoms with Gasteiger partial charge in [-0.2, -0.15) is 0 Å². The Morgan fingerprint density at radius 3 is 1.76 bits per heavy atom. The first kappa shape index (κ1) is 30.7. The second kappa shape index (κ2) is 13.5. The van der Waals surface area contributed by atoms with Crippen molar-refractivity contribution in [2.24, 2.45) is 0 Å². The summed E-state index contributed by atoms with van der Waals surface area (Å²) in [4.78, 5) is 26.1. The van der Waals surface area contributed by atoms with Gasteiger partial charge < -0.3 is 38.8 Å². The Hall–Kier alpha value is -4.87. The van der Waals surface area contributed by atoms with Crippen molar-refractivity contribution >= 4 is 11.9 Å². The molecule has 1 amide bonds. The van der Waals surface area contributed by atoms with E-state index in [1.165, 1.54) is 48.5 Å². The lowest BCUT2D eigenvalue weighted by molar-refractivity contribution is -0.906. The van der Waals surface area contributed by atoms with Gasteiger partial charge in [-0.25, -0.2) is 4.79 Å².